The van der Waals surface area contributed by atoms with E-state index >= 15 is 0 Å². The highest BCUT2D eigenvalue weighted by molar-refractivity contribution is 5.95. The number of nitro groups is 1. The summed E-state index contributed by atoms with van der Waals surface area (Å²) >= 11 is 0. The second-order valence-corrected chi connectivity index (χ2v) is 5.19. The van der Waals surface area contributed by atoms with Crippen LogP contribution in [-0.4, -0.2) is 16.9 Å². The number of nitrogens with one attached hydrogen (secondary N) is 1. The highest BCUT2D eigenvalue weighted by atomic mass is 16.6. The van der Waals surface area contributed by atoms with Gasteiger partial charge < -0.3 is 11.1 Å². The molecule has 1 amide bonds. The molecule has 0 aromatic heterocycles. The van der Waals surface area contributed by atoms with Gasteiger partial charge in [-0.2, -0.15) is 0 Å². The Hall–Kier alpha value is -2.11. The minimum Gasteiger partial charge on any atom is -0.393 e. The molecule has 0 aliphatic heterocycles. The third-order valence-corrected chi connectivity index (χ3v) is 3.68. The number of nitro benzene ring substituents is 1. The van der Waals surface area contributed by atoms with Crippen molar-refractivity contribution in [2.75, 3.05) is 5.73 Å². The quantitative estimate of drug-likeness (QED) is 0.384. The normalized spacial score (nSPS) is 16.4. The minimum atomic E-state index is -0.553. The number of amides is 1. The lowest BCUT2D eigenvalue weighted by atomic mass is 10.1. The number of benzene rings is 1. The van der Waals surface area contributed by atoms with E-state index in [2.05, 4.69) is 5.32 Å². The molecule has 1 aromatic rings. The molecule has 0 spiro atoms. The standard InChI is InChI=1S/C14H19N3O3/c15-12-9-10(7-8-13(12)17(19)20)14(18)16-11-5-3-1-2-4-6-11/h7-9,11H,1-6,15H2,(H,16,18). The van der Waals surface area contributed by atoms with Crippen LogP contribution in [0.1, 0.15) is 48.9 Å². The number of rotatable bonds is 3. The lowest BCUT2D eigenvalue weighted by Gasteiger charge is -2.16. The molecule has 0 atom stereocenters. The first-order chi connectivity index (χ1) is 9.58. The summed E-state index contributed by atoms with van der Waals surface area (Å²) in [6, 6.07) is 4.28. The molecular weight excluding hydrogens is 258 g/mol. The predicted octanol–water partition coefficient (Wildman–Crippen LogP) is 2.63. The Bertz CT molecular complexity index is 508. The third-order valence-electron chi connectivity index (χ3n) is 3.68. The highest BCUT2D eigenvalue weighted by Gasteiger charge is 2.18. The molecule has 0 saturated heterocycles. The zero-order valence-corrected chi connectivity index (χ0v) is 11.3. The van der Waals surface area contributed by atoms with E-state index in [4.69, 9.17) is 5.73 Å². The lowest BCUT2D eigenvalue weighted by Crippen LogP contribution is -2.34. The van der Waals surface area contributed by atoms with Gasteiger partial charge in [-0.05, 0) is 25.0 Å². The Morgan fingerprint density at radius 1 is 1.25 bits per heavy atom. The van der Waals surface area contributed by atoms with E-state index in [1.54, 1.807) is 0 Å². The van der Waals surface area contributed by atoms with Crippen LogP contribution in [0.15, 0.2) is 18.2 Å². The molecule has 1 aliphatic carbocycles. The Morgan fingerprint density at radius 3 is 2.45 bits per heavy atom. The first-order valence-corrected chi connectivity index (χ1v) is 6.92. The number of nitrogen functional groups attached to an aromatic ring is 1. The van der Waals surface area contributed by atoms with Gasteiger partial charge in [-0.1, -0.05) is 25.7 Å². The van der Waals surface area contributed by atoms with E-state index in [1.165, 1.54) is 31.0 Å². The molecule has 20 heavy (non-hydrogen) atoms. The number of nitrogens with zero attached hydrogens (tertiary/aromatic N) is 1. The van der Waals surface area contributed by atoms with Gasteiger partial charge in [-0.25, -0.2) is 0 Å². The van der Waals surface area contributed by atoms with E-state index in [0.717, 1.165) is 25.7 Å². The zero-order valence-electron chi connectivity index (χ0n) is 11.3. The molecule has 108 valence electrons. The van der Waals surface area contributed by atoms with Crippen LogP contribution in [0.2, 0.25) is 0 Å². The first-order valence-electron chi connectivity index (χ1n) is 6.92. The van der Waals surface area contributed by atoms with Crippen LogP contribution in [-0.2, 0) is 0 Å². The van der Waals surface area contributed by atoms with Crippen LogP contribution in [0.4, 0.5) is 11.4 Å². The zero-order chi connectivity index (χ0) is 14.5. The predicted molar refractivity (Wildman–Crippen MR) is 76.5 cm³/mol. The topological polar surface area (TPSA) is 98.3 Å². The average molecular weight is 277 g/mol. The Morgan fingerprint density at radius 2 is 1.90 bits per heavy atom. The Labute approximate surface area is 117 Å². The van der Waals surface area contributed by atoms with Crippen molar-refractivity contribution >= 4 is 17.3 Å². The summed E-state index contributed by atoms with van der Waals surface area (Å²) in [4.78, 5) is 22.3. The molecule has 2 rings (SSSR count). The van der Waals surface area contributed by atoms with Crippen LogP contribution in [0.5, 0.6) is 0 Å². The highest BCUT2D eigenvalue weighted by Crippen LogP contribution is 2.23. The van der Waals surface area contributed by atoms with E-state index < -0.39 is 4.92 Å². The molecule has 1 fully saturated rings. The van der Waals surface area contributed by atoms with Crippen molar-refractivity contribution in [2.45, 2.75) is 44.6 Å². The van der Waals surface area contributed by atoms with Crippen molar-refractivity contribution in [3.05, 3.63) is 33.9 Å². The molecule has 1 saturated carbocycles. The van der Waals surface area contributed by atoms with Gasteiger partial charge in [0.25, 0.3) is 11.6 Å². The summed E-state index contributed by atoms with van der Waals surface area (Å²) in [6.45, 7) is 0. The Kier molecular flexibility index (Phi) is 4.55. The molecule has 3 N–H and O–H groups in total. The summed E-state index contributed by atoms with van der Waals surface area (Å²) in [5.41, 5.74) is 5.82. The fourth-order valence-electron chi connectivity index (χ4n) is 2.55. The van der Waals surface area contributed by atoms with Crippen molar-refractivity contribution in [1.82, 2.24) is 5.32 Å². The molecule has 0 unspecified atom stereocenters. The van der Waals surface area contributed by atoms with Crippen molar-refractivity contribution < 1.29 is 9.72 Å². The van der Waals surface area contributed by atoms with Gasteiger partial charge in [0.15, 0.2) is 0 Å². The fourth-order valence-corrected chi connectivity index (χ4v) is 2.55. The van der Waals surface area contributed by atoms with E-state index in [0.29, 0.717) is 5.56 Å². The van der Waals surface area contributed by atoms with Gasteiger partial charge in [0.05, 0.1) is 4.92 Å². The number of carbonyl (C=O) groups is 1. The van der Waals surface area contributed by atoms with Gasteiger partial charge in [-0.3, -0.25) is 14.9 Å². The summed E-state index contributed by atoms with van der Waals surface area (Å²) in [6.07, 6.45) is 6.69. The largest absolute Gasteiger partial charge is 0.393 e. The average Bonchev–Trinajstić information content (AvgIpc) is 2.66. The van der Waals surface area contributed by atoms with Gasteiger partial charge in [0, 0.05) is 17.7 Å². The van der Waals surface area contributed by atoms with Crippen LogP contribution < -0.4 is 11.1 Å². The van der Waals surface area contributed by atoms with E-state index in [1.807, 2.05) is 0 Å². The summed E-state index contributed by atoms with van der Waals surface area (Å²) in [5.74, 6) is -0.210. The number of hydrogen-bond donors (Lipinski definition) is 2. The van der Waals surface area contributed by atoms with Crippen LogP contribution in [0.25, 0.3) is 0 Å². The molecule has 0 bridgehead atoms. The second kappa shape index (κ2) is 6.36. The maximum Gasteiger partial charge on any atom is 0.292 e. The molecule has 0 radical (unpaired) electrons. The molecule has 0 heterocycles. The SMILES string of the molecule is Nc1cc(C(=O)NC2CCCCCC2)ccc1[N+](=O)[O-]. The maximum absolute atomic E-state index is 12.1. The van der Waals surface area contributed by atoms with E-state index in [-0.39, 0.29) is 23.3 Å². The van der Waals surface area contributed by atoms with Crippen LogP contribution in [0, 0.1) is 10.1 Å². The number of anilines is 1. The molecular formula is C14H19N3O3. The summed E-state index contributed by atoms with van der Waals surface area (Å²) in [5, 5.41) is 13.7. The first kappa shape index (κ1) is 14.3. The van der Waals surface area contributed by atoms with Crippen molar-refractivity contribution in [2.24, 2.45) is 0 Å². The van der Waals surface area contributed by atoms with Crippen molar-refractivity contribution in [1.29, 1.82) is 0 Å². The number of hydrogen-bond acceptors (Lipinski definition) is 4. The van der Waals surface area contributed by atoms with Crippen LogP contribution in [0.3, 0.4) is 0 Å². The van der Waals surface area contributed by atoms with Crippen molar-refractivity contribution in [3.63, 3.8) is 0 Å². The molecule has 6 heteroatoms. The van der Waals surface area contributed by atoms with Gasteiger partial charge in [-0.15, -0.1) is 0 Å². The smallest absolute Gasteiger partial charge is 0.292 e. The van der Waals surface area contributed by atoms with E-state index in [9.17, 15) is 14.9 Å². The molecule has 6 nitrogen and oxygen atoms in total. The minimum absolute atomic E-state index is 0.0171. The summed E-state index contributed by atoms with van der Waals surface area (Å²) in [7, 11) is 0. The van der Waals surface area contributed by atoms with Gasteiger partial charge >= 0.3 is 0 Å². The fraction of sp³-hybridized carbons (Fsp3) is 0.500. The maximum atomic E-state index is 12.1. The lowest BCUT2D eigenvalue weighted by molar-refractivity contribution is -0.383. The Balaban J connectivity index is 2.05. The van der Waals surface area contributed by atoms with Crippen molar-refractivity contribution in [3.8, 4) is 0 Å². The third kappa shape index (κ3) is 3.46. The monoisotopic (exact) mass is 277 g/mol. The molecule has 1 aromatic carbocycles. The van der Waals surface area contributed by atoms with Gasteiger partial charge in [0.2, 0.25) is 0 Å². The number of nitrogens with two attached hydrogens (primary N) is 1. The summed E-state index contributed by atoms with van der Waals surface area (Å²) < 4.78 is 0. The molecule has 1 aliphatic rings. The van der Waals surface area contributed by atoms with Crippen LogP contribution >= 0.6 is 0 Å². The van der Waals surface area contributed by atoms with Gasteiger partial charge in [0.1, 0.15) is 5.69 Å². The second-order valence-electron chi connectivity index (χ2n) is 5.19. The number of carbonyl (C=O) groups excluding carboxylic acids is 1.